The smallest absolute Gasteiger partial charge is 0.542 e. The van der Waals surface area contributed by atoms with Gasteiger partial charge in [0, 0.05) is 12.8 Å². The van der Waals surface area contributed by atoms with Crippen molar-refractivity contribution in [3.8, 4) is 0 Å². The third kappa shape index (κ3) is 8.84. The van der Waals surface area contributed by atoms with Crippen LogP contribution >= 0.6 is 0 Å². The van der Waals surface area contributed by atoms with Crippen LogP contribution in [0.25, 0.3) is 0 Å². The van der Waals surface area contributed by atoms with Gasteiger partial charge in [-0.3, -0.25) is 4.79 Å². The number of rotatable bonds is 8. The first kappa shape index (κ1) is 20.1. The maximum absolute atomic E-state index is 11.0. The van der Waals surface area contributed by atoms with E-state index in [0.717, 1.165) is 12.7 Å². The molecule has 0 atom stereocenters. The number of carbonyl (C=O) groups is 3. The summed E-state index contributed by atoms with van der Waals surface area (Å²) >= 11 is 0. The predicted molar refractivity (Wildman–Crippen MR) is 62.1 cm³/mol. The summed E-state index contributed by atoms with van der Waals surface area (Å²) in [6, 6.07) is 0. The summed E-state index contributed by atoms with van der Waals surface area (Å²) in [4.78, 5) is 31.8. The van der Waals surface area contributed by atoms with Gasteiger partial charge in [0.2, 0.25) is 0 Å². The van der Waals surface area contributed by atoms with Gasteiger partial charge in [-0.1, -0.05) is 27.7 Å². The molecule has 0 aromatic carbocycles. The van der Waals surface area contributed by atoms with Gasteiger partial charge in [-0.05, 0) is 23.7 Å². The van der Waals surface area contributed by atoms with Crippen LogP contribution in [0.3, 0.4) is 0 Å². The van der Waals surface area contributed by atoms with Crippen molar-refractivity contribution in [2.45, 2.75) is 53.4 Å². The number of carbonyl (C=O) groups excluding carboxylic acids is 3. The van der Waals surface area contributed by atoms with Crippen LogP contribution in [-0.4, -0.2) is 18.0 Å². The predicted octanol–water partition coefficient (Wildman–Crippen LogP) is -1.88. The molecule has 0 heterocycles. The number of ketones is 1. The van der Waals surface area contributed by atoms with Crippen LogP contribution in [-0.2, 0) is 14.4 Å². The van der Waals surface area contributed by atoms with Crippen molar-refractivity contribution in [3.05, 3.63) is 0 Å². The molecule has 0 rings (SSSR count). The van der Waals surface area contributed by atoms with E-state index in [1.165, 1.54) is 0 Å². The molecule has 0 aromatic heterocycles. The molecule has 98 valence electrons. The van der Waals surface area contributed by atoms with Gasteiger partial charge < -0.3 is 14.7 Å². The average molecular weight is 264 g/mol. The van der Waals surface area contributed by atoms with Crippen molar-refractivity contribution >= 4 is 18.0 Å². The van der Waals surface area contributed by atoms with Crippen LogP contribution in [0.5, 0.6) is 0 Å². The fraction of sp³-hybridized carbons (Fsp3) is 0.769. The summed E-state index contributed by atoms with van der Waals surface area (Å²) in [5, 5.41) is 10.3. The molecule has 0 N–H and O–H groups in total. The number of hydrogen-bond acceptors (Lipinski definition) is 4. The van der Waals surface area contributed by atoms with Gasteiger partial charge in [-0.25, -0.2) is 0 Å². The van der Waals surface area contributed by atoms with E-state index in [1.807, 2.05) is 27.7 Å². The van der Waals surface area contributed by atoms with E-state index >= 15 is 0 Å². The molecule has 0 fully saturated rings. The number of carboxylic acid groups (broad SMARTS) is 1. The van der Waals surface area contributed by atoms with Crippen molar-refractivity contribution in [3.63, 3.8) is 0 Å². The Morgan fingerprint density at radius 3 is 2.00 bits per heavy atom. The van der Waals surface area contributed by atoms with Gasteiger partial charge in [-0.2, -0.15) is 0 Å². The van der Waals surface area contributed by atoms with E-state index in [1.54, 1.807) is 0 Å². The van der Waals surface area contributed by atoms with Gasteiger partial charge in [0.05, 0.1) is 0 Å². The zero-order valence-corrected chi connectivity index (χ0v) is 14.0. The summed E-state index contributed by atoms with van der Waals surface area (Å²) in [5.74, 6) is -2.47. The molecule has 0 unspecified atom stereocenters. The standard InChI is InChI=1S/C13H22O4.Na/c1-12(2,6-5-10(15)11(16)17)9-13(3,4)7-8-14;/h8H,5-7,9H2,1-4H3,(H,16,17);/q;+1/p-1. The van der Waals surface area contributed by atoms with E-state index in [2.05, 4.69) is 0 Å². The topological polar surface area (TPSA) is 74.3 Å². The van der Waals surface area contributed by atoms with Crippen molar-refractivity contribution in [2.24, 2.45) is 10.8 Å². The quantitative estimate of drug-likeness (QED) is 0.292. The molecule has 5 heteroatoms. The van der Waals surface area contributed by atoms with E-state index in [0.29, 0.717) is 12.8 Å². The number of Topliss-reactive ketones (excluding diaryl/α,β-unsaturated/α-hetero) is 1. The summed E-state index contributed by atoms with van der Waals surface area (Å²) in [7, 11) is 0. The maximum atomic E-state index is 11.0. The molecule has 0 amide bonds. The van der Waals surface area contributed by atoms with E-state index in [-0.39, 0.29) is 46.8 Å². The molecule has 0 aliphatic heterocycles. The molecule has 0 aliphatic rings. The second-order valence-corrected chi connectivity index (χ2v) is 6.09. The van der Waals surface area contributed by atoms with Gasteiger partial charge in [0.25, 0.3) is 0 Å². The Morgan fingerprint density at radius 2 is 1.61 bits per heavy atom. The Hall–Kier alpha value is -0.190. The maximum Gasteiger partial charge on any atom is 1.00 e. The van der Waals surface area contributed by atoms with Crippen LogP contribution in [0.2, 0.25) is 0 Å². The summed E-state index contributed by atoms with van der Waals surface area (Å²) < 4.78 is 0. The number of aldehydes is 1. The summed E-state index contributed by atoms with van der Waals surface area (Å²) in [6.07, 6.45) is 2.60. The van der Waals surface area contributed by atoms with E-state index in [9.17, 15) is 19.5 Å². The second-order valence-electron chi connectivity index (χ2n) is 6.09. The third-order valence-electron chi connectivity index (χ3n) is 2.85. The Balaban J connectivity index is 0. The molecule has 0 saturated heterocycles. The molecule has 0 saturated carbocycles. The monoisotopic (exact) mass is 264 g/mol. The van der Waals surface area contributed by atoms with Crippen molar-refractivity contribution in [1.29, 1.82) is 0 Å². The van der Waals surface area contributed by atoms with Gasteiger partial charge >= 0.3 is 29.6 Å². The van der Waals surface area contributed by atoms with Gasteiger partial charge in [-0.15, -0.1) is 0 Å². The molecule has 0 aromatic rings. The molecular formula is C13H21NaO4. The number of hydrogen-bond donors (Lipinski definition) is 0. The SMILES string of the molecule is CC(C)(CC=O)CC(C)(C)CCC(=O)C(=O)[O-].[Na+]. The third-order valence-corrected chi connectivity index (χ3v) is 2.85. The fourth-order valence-corrected chi connectivity index (χ4v) is 2.24. The summed E-state index contributed by atoms with van der Waals surface area (Å²) in [5.41, 5.74) is -0.298. The molecule has 0 bridgehead atoms. The Labute approximate surface area is 131 Å². The molecule has 18 heavy (non-hydrogen) atoms. The largest absolute Gasteiger partial charge is 1.00 e. The van der Waals surface area contributed by atoms with E-state index < -0.39 is 11.8 Å². The first-order valence-corrected chi connectivity index (χ1v) is 5.77. The Morgan fingerprint density at radius 1 is 1.11 bits per heavy atom. The first-order valence-electron chi connectivity index (χ1n) is 5.77. The molecule has 0 spiro atoms. The second kappa shape index (κ2) is 8.08. The first-order chi connectivity index (χ1) is 7.59. The van der Waals surface area contributed by atoms with E-state index in [4.69, 9.17) is 0 Å². The Kier molecular flexibility index (Phi) is 9.03. The zero-order chi connectivity index (χ0) is 13.7. The van der Waals surface area contributed by atoms with Gasteiger partial charge in [0.1, 0.15) is 12.3 Å². The minimum atomic E-state index is -1.62. The van der Waals surface area contributed by atoms with Crippen LogP contribution < -0.4 is 34.7 Å². The molecule has 0 radical (unpaired) electrons. The summed E-state index contributed by atoms with van der Waals surface area (Å²) in [6.45, 7) is 7.93. The Bertz CT molecular complexity index is 308. The fourth-order valence-electron chi connectivity index (χ4n) is 2.24. The zero-order valence-electron chi connectivity index (χ0n) is 12.0. The van der Waals surface area contributed by atoms with Crippen LogP contribution in [0.1, 0.15) is 53.4 Å². The molecule has 4 nitrogen and oxygen atoms in total. The van der Waals surface area contributed by atoms with Gasteiger partial charge in [0.15, 0.2) is 5.78 Å². The van der Waals surface area contributed by atoms with Crippen LogP contribution in [0.15, 0.2) is 0 Å². The van der Waals surface area contributed by atoms with Crippen molar-refractivity contribution in [1.82, 2.24) is 0 Å². The van der Waals surface area contributed by atoms with Crippen LogP contribution in [0, 0.1) is 10.8 Å². The number of carboxylic acids is 1. The van der Waals surface area contributed by atoms with Crippen LogP contribution in [0.4, 0.5) is 0 Å². The van der Waals surface area contributed by atoms with Crippen molar-refractivity contribution in [2.75, 3.05) is 0 Å². The molecular weight excluding hydrogens is 243 g/mol. The van der Waals surface area contributed by atoms with Crippen molar-refractivity contribution < 1.29 is 49.0 Å². The average Bonchev–Trinajstić information content (AvgIpc) is 2.11. The molecule has 0 aliphatic carbocycles. The minimum Gasteiger partial charge on any atom is -0.542 e. The minimum absolute atomic E-state index is 0. The normalized spacial score (nSPS) is 11.6. The number of aliphatic carboxylic acids is 1.